The van der Waals surface area contributed by atoms with Crippen LogP contribution < -0.4 is 10.6 Å². The van der Waals surface area contributed by atoms with Crippen LogP contribution in [-0.2, 0) is 24.2 Å². The second kappa shape index (κ2) is 5.40. The highest BCUT2D eigenvalue weighted by Crippen LogP contribution is 2.28. The number of nitrogens with one attached hydrogen (secondary N) is 2. The van der Waals surface area contributed by atoms with E-state index in [2.05, 4.69) is 15.6 Å². The summed E-state index contributed by atoms with van der Waals surface area (Å²) in [6.07, 6.45) is 4.39. The van der Waals surface area contributed by atoms with Gasteiger partial charge in [0.15, 0.2) is 0 Å². The number of fused-ring (bicyclic) bond motifs is 1. The Kier molecular flexibility index (Phi) is 3.60. The highest BCUT2D eigenvalue weighted by atomic mass is 32.1. The number of thiazole rings is 1. The van der Waals surface area contributed by atoms with Gasteiger partial charge >= 0.3 is 12.0 Å². The first-order chi connectivity index (χ1) is 9.61. The molecule has 0 saturated heterocycles. The number of aryl methyl sites for hydroxylation is 2. The summed E-state index contributed by atoms with van der Waals surface area (Å²) in [6, 6.07) is -0.258. The van der Waals surface area contributed by atoms with Gasteiger partial charge < -0.3 is 15.7 Å². The average molecular weight is 295 g/mol. The molecule has 0 unspecified atom stereocenters. The van der Waals surface area contributed by atoms with E-state index in [1.165, 1.54) is 17.0 Å². The van der Waals surface area contributed by atoms with Gasteiger partial charge in [0.25, 0.3) is 0 Å². The summed E-state index contributed by atoms with van der Waals surface area (Å²) in [5.74, 6) is -1.08. The van der Waals surface area contributed by atoms with E-state index in [9.17, 15) is 9.59 Å². The summed E-state index contributed by atoms with van der Waals surface area (Å²) < 4.78 is 0. The van der Waals surface area contributed by atoms with E-state index in [1.807, 2.05) is 0 Å². The average Bonchev–Trinajstić information content (AvgIpc) is 2.90. The highest BCUT2D eigenvalue weighted by Gasteiger charge is 2.35. The predicted molar refractivity (Wildman–Crippen MR) is 73.7 cm³/mol. The van der Waals surface area contributed by atoms with Crippen LogP contribution >= 0.6 is 11.3 Å². The van der Waals surface area contributed by atoms with E-state index in [-0.39, 0.29) is 18.0 Å². The van der Waals surface area contributed by atoms with Gasteiger partial charge in [-0.2, -0.15) is 0 Å². The maximum absolute atomic E-state index is 11.7. The summed E-state index contributed by atoms with van der Waals surface area (Å²) in [5.41, 5.74) is 1.19. The smallest absolute Gasteiger partial charge is 0.315 e. The Hall–Kier alpha value is -1.63. The summed E-state index contributed by atoms with van der Waals surface area (Å²) in [4.78, 5) is 28.2. The van der Waals surface area contributed by atoms with Crippen LogP contribution in [0.4, 0.5) is 4.79 Å². The fourth-order valence-corrected chi connectivity index (χ4v) is 3.75. The standard InChI is InChI=1S/C13H17N3O3S/c17-12(18)7-4-8(5-7)15-13(19)14-6-11-16-9-2-1-3-10(9)20-11/h7-8H,1-6H2,(H,17,18)(H2,14,15,19). The molecule has 1 aromatic heterocycles. The summed E-state index contributed by atoms with van der Waals surface area (Å²) in [6.45, 7) is 0.443. The quantitative estimate of drug-likeness (QED) is 0.780. The Morgan fingerprint density at radius 3 is 2.85 bits per heavy atom. The first-order valence-electron chi connectivity index (χ1n) is 6.86. The molecule has 0 spiro atoms. The van der Waals surface area contributed by atoms with Crippen LogP contribution in [0.15, 0.2) is 0 Å². The van der Waals surface area contributed by atoms with Crippen molar-refractivity contribution in [3.05, 3.63) is 15.6 Å². The molecule has 1 heterocycles. The lowest BCUT2D eigenvalue weighted by molar-refractivity contribution is -0.145. The summed E-state index contributed by atoms with van der Waals surface area (Å²) in [7, 11) is 0. The molecule has 1 saturated carbocycles. The molecular weight excluding hydrogens is 278 g/mol. The second-order valence-corrected chi connectivity index (χ2v) is 6.53. The van der Waals surface area contributed by atoms with E-state index >= 15 is 0 Å². The van der Waals surface area contributed by atoms with Crippen molar-refractivity contribution < 1.29 is 14.7 Å². The second-order valence-electron chi connectivity index (χ2n) is 5.36. The Bertz CT molecular complexity index is 515. The van der Waals surface area contributed by atoms with Gasteiger partial charge in [0.05, 0.1) is 18.2 Å². The number of nitrogens with zero attached hydrogens (tertiary/aromatic N) is 1. The van der Waals surface area contributed by atoms with E-state index in [1.54, 1.807) is 11.3 Å². The fraction of sp³-hybridized carbons (Fsp3) is 0.615. The summed E-state index contributed by atoms with van der Waals surface area (Å²) >= 11 is 1.68. The number of urea groups is 1. The van der Waals surface area contributed by atoms with Crippen LogP contribution in [0.2, 0.25) is 0 Å². The van der Waals surface area contributed by atoms with E-state index < -0.39 is 5.97 Å². The molecule has 6 nitrogen and oxygen atoms in total. The van der Waals surface area contributed by atoms with Gasteiger partial charge in [-0.3, -0.25) is 4.79 Å². The van der Waals surface area contributed by atoms with Crippen molar-refractivity contribution in [2.24, 2.45) is 5.92 Å². The van der Waals surface area contributed by atoms with Crippen molar-refractivity contribution in [2.45, 2.75) is 44.7 Å². The molecule has 3 rings (SSSR count). The number of hydrogen-bond donors (Lipinski definition) is 3. The van der Waals surface area contributed by atoms with Gasteiger partial charge in [0, 0.05) is 10.9 Å². The fourth-order valence-electron chi connectivity index (χ4n) is 2.65. The van der Waals surface area contributed by atoms with Crippen LogP contribution in [0.1, 0.15) is 34.8 Å². The molecule has 2 amide bonds. The lowest BCUT2D eigenvalue weighted by Crippen LogP contribution is -2.49. The number of aliphatic carboxylic acids is 1. The number of carboxylic acids is 1. The minimum Gasteiger partial charge on any atom is -0.481 e. The van der Waals surface area contributed by atoms with Crippen molar-refractivity contribution in [3.63, 3.8) is 0 Å². The van der Waals surface area contributed by atoms with Crippen LogP contribution in [0.25, 0.3) is 0 Å². The van der Waals surface area contributed by atoms with E-state index in [0.29, 0.717) is 19.4 Å². The highest BCUT2D eigenvalue weighted by molar-refractivity contribution is 7.11. The van der Waals surface area contributed by atoms with Crippen molar-refractivity contribution in [1.29, 1.82) is 0 Å². The number of hydrogen-bond acceptors (Lipinski definition) is 4. The third-order valence-corrected chi connectivity index (χ3v) is 5.02. The SMILES string of the molecule is O=C(NCc1nc2c(s1)CCC2)NC1CC(C(=O)O)C1. The zero-order chi connectivity index (χ0) is 14.1. The van der Waals surface area contributed by atoms with Crippen molar-refractivity contribution in [3.8, 4) is 0 Å². The van der Waals surface area contributed by atoms with Crippen molar-refractivity contribution in [2.75, 3.05) is 0 Å². The minimum atomic E-state index is -0.777. The van der Waals surface area contributed by atoms with Crippen molar-refractivity contribution >= 4 is 23.3 Å². The van der Waals surface area contributed by atoms with E-state index in [4.69, 9.17) is 5.11 Å². The number of aromatic nitrogens is 1. The molecule has 1 aromatic rings. The Morgan fingerprint density at radius 1 is 1.35 bits per heavy atom. The van der Waals surface area contributed by atoms with E-state index in [0.717, 1.165) is 17.8 Å². The molecule has 0 bridgehead atoms. The molecule has 108 valence electrons. The van der Waals surface area contributed by atoms with Gasteiger partial charge in [-0.05, 0) is 32.1 Å². The maximum atomic E-state index is 11.7. The summed E-state index contributed by atoms with van der Waals surface area (Å²) in [5, 5.41) is 15.3. The van der Waals surface area contributed by atoms with Gasteiger partial charge in [0.2, 0.25) is 0 Å². The van der Waals surface area contributed by atoms with Gasteiger partial charge in [-0.15, -0.1) is 11.3 Å². The molecular formula is C13H17N3O3S. The third kappa shape index (κ3) is 2.77. The number of carboxylic acid groups (broad SMARTS) is 1. The first kappa shape index (κ1) is 13.4. The number of amides is 2. The lowest BCUT2D eigenvalue weighted by atomic mass is 9.80. The zero-order valence-electron chi connectivity index (χ0n) is 11.0. The minimum absolute atomic E-state index is 0.0163. The van der Waals surface area contributed by atoms with Gasteiger partial charge in [-0.1, -0.05) is 0 Å². The molecule has 1 fully saturated rings. The Balaban J connectivity index is 1.40. The van der Waals surface area contributed by atoms with Crippen LogP contribution in [-0.4, -0.2) is 28.1 Å². The number of rotatable bonds is 4. The van der Waals surface area contributed by atoms with Crippen LogP contribution in [0.5, 0.6) is 0 Å². The number of carbonyl (C=O) groups excluding carboxylic acids is 1. The third-order valence-electron chi connectivity index (χ3n) is 3.86. The Labute approximate surface area is 120 Å². The largest absolute Gasteiger partial charge is 0.481 e. The molecule has 0 atom stereocenters. The first-order valence-corrected chi connectivity index (χ1v) is 7.68. The molecule has 2 aliphatic rings. The molecule has 20 heavy (non-hydrogen) atoms. The monoisotopic (exact) mass is 295 g/mol. The molecule has 0 radical (unpaired) electrons. The predicted octanol–water partition coefficient (Wildman–Crippen LogP) is 1.29. The molecule has 2 aliphatic carbocycles. The van der Waals surface area contributed by atoms with Crippen LogP contribution in [0.3, 0.4) is 0 Å². The maximum Gasteiger partial charge on any atom is 0.315 e. The lowest BCUT2D eigenvalue weighted by Gasteiger charge is -2.32. The molecule has 0 aromatic carbocycles. The molecule has 0 aliphatic heterocycles. The topological polar surface area (TPSA) is 91.3 Å². The zero-order valence-corrected chi connectivity index (χ0v) is 11.8. The molecule has 3 N–H and O–H groups in total. The van der Waals surface area contributed by atoms with Gasteiger partial charge in [-0.25, -0.2) is 9.78 Å². The molecule has 7 heteroatoms. The van der Waals surface area contributed by atoms with Crippen LogP contribution in [0, 0.1) is 5.92 Å². The number of carbonyl (C=O) groups is 2. The van der Waals surface area contributed by atoms with Crippen molar-refractivity contribution in [1.82, 2.24) is 15.6 Å². The normalized spacial score (nSPS) is 23.8. The Morgan fingerprint density at radius 2 is 2.15 bits per heavy atom. The van der Waals surface area contributed by atoms with Gasteiger partial charge in [0.1, 0.15) is 5.01 Å².